The van der Waals surface area contributed by atoms with Crippen LogP contribution in [0.2, 0.25) is 0 Å². The fourth-order valence-corrected chi connectivity index (χ4v) is 3.83. The van der Waals surface area contributed by atoms with Gasteiger partial charge >= 0.3 is 0 Å². The number of halogens is 1. The Kier molecular flexibility index (Phi) is 4.41. The number of aromatic nitrogens is 1. The van der Waals surface area contributed by atoms with Crippen LogP contribution in [0.3, 0.4) is 0 Å². The summed E-state index contributed by atoms with van der Waals surface area (Å²) in [5.74, 6) is 2.50. The molecule has 5 nitrogen and oxygen atoms in total. The van der Waals surface area contributed by atoms with Crippen molar-refractivity contribution in [3.8, 4) is 11.9 Å². The van der Waals surface area contributed by atoms with Gasteiger partial charge in [0.05, 0.1) is 6.07 Å². The van der Waals surface area contributed by atoms with Crippen molar-refractivity contribution in [3.63, 3.8) is 0 Å². The third-order valence-corrected chi connectivity index (χ3v) is 5.30. The fraction of sp³-hybridized carbons (Fsp3) is 0.474. The summed E-state index contributed by atoms with van der Waals surface area (Å²) in [7, 11) is 0. The Morgan fingerprint density at radius 1 is 1.28 bits per heavy atom. The van der Waals surface area contributed by atoms with Crippen LogP contribution in [0, 0.1) is 23.2 Å². The van der Waals surface area contributed by atoms with E-state index in [0.717, 1.165) is 32.0 Å². The van der Waals surface area contributed by atoms with Gasteiger partial charge in [-0.15, -0.1) is 0 Å². The molecule has 2 fully saturated rings. The van der Waals surface area contributed by atoms with Crippen molar-refractivity contribution < 1.29 is 9.13 Å². The summed E-state index contributed by atoms with van der Waals surface area (Å²) in [6.45, 7) is 4.39. The largest absolute Gasteiger partial charge is 0.473 e. The molecule has 1 N–H and O–H groups in total. The maximum atomic E-state index is 14.0. The van der Waals surface area contributed by atoms with Crippen molar-refractivity contribution in [1.82, 2.24) is 10.3 Å². The van der Waals surface area contributed by atoms with E-state index in [2.05, 4.69) is 15.2 Å². The second-order valence-corrected chi connectivity index (χ2v) is 6.94. The maximum absolute atomic E-state index is 14.0. The number of pyridine rings is 1. The molecule has 0 radical (unpaired) electrons. The predicted octanol–water partition coefficient (Wildman–Crippen LogP) is 2.58. The van der Waals surface area contributed by atoms with Gasteiger partial charge in [-0.25, -0.2) is 4.39 Å². The minimum Gasteiger partial charge on any atom is -0.473 e. The van der Waals surface area contributed by atoms with Gasteiger partial charge in [0, 0.05) is 43.4 Å². The average Bonchev–Trinajstić information content (AvgIpc) is 3.23. The predicted molar refractivity (Wildman–Crippen MR) is 92.9 cm³/mol. The second-order valence-electron chi connectivity index (χ2n) is 6.94. The summed E-state index contributed by atoms with van der Waals surface area (Å²) < 4.78 is 19.7. The summed E-state index contributed by atoms with van der Waals surface area (Å²) >= 11 is 0. The molecule has 3 heterocycles. The van der Waals surface area contributed by atoms with E-state index >= 15 is 0 Å². The molecule has 1 aromatic heterocycles. The number of ether oxygens (including phenoxy) is 1. The number of anilines is 1. The van der Waals surface area contributed by atoms with Crippen molar-refractivity contribution in [1.29, 1.82) is 5.26 Å². The van der Waals surface area contributed by atoms with Gasteiger partial charge in [0.1, 0.15) is 18.3 Å². The highest BCUT2D eigenvalue weighted by atomic mass is 19.1. The number of allylic oxidation sites excluding steroid dienone is 3. The molecule has 0 spiro atoms. The van der Waals surface area contributed by atoms with Crippen molar-refractivity contribution >= 4 is 5.82 Å². The van der Waals surface area contributed by atoms with Gasteiger partial charge in [-0.1, -0.05) is 6.07 Å². The Morgan fingerprint density at radius 2 is 2.08 bits per heavy atom. The molecule has 2 saturated heterocycles. The van der Waals surface area contributed by atoms with Crippen LogP contribution in [0.4, 0.5) is 10.2 Å². The lowest BCUT2D eigenvalue weighted by atomic mass is 9.99. The van der Waals surface area contributed by atoms with Gasteiger partial charge in [0.15, 0.2) is 0 Å². The third-order valence-electron chi connectivity index (χ3n) is 5.30. The molecule has 1 aromatic rings. The number of hydrogen-bond donors (Lipinski definition) is 1. The van der Waals surface area contributed by atoms with E-state index in [1.54, 1.807) is 6.07 Å². The normalized spacial score (nSPS) is 25.6. The molecule has 25 heavy (non-hydrogen) atoms. The van der Waals surface area contributed by atoms with E-state index in [1.165, 1.54) is 6.08 Å². The SMILES string of the molecule is N#CC1=CC(F)=C(COc2cccc(N3CC4CNCC4C3)n2)CC1. The van der Waals surface area contributed by atoms with Gasteiger partial charge in [-0.2, -0.15) is 10.2 Å². The summed E-state index contributed by atoms with van der Waals surface area (Å²) in [5.41, 5.74) is 1.07. The molecule has 6 heteroatoms. The summed E-state index contributed by atoms with van der Waals surface area (Å²) in [6, 6.07) is 7.75. The zero-order chi connectivity index (χ0) is 17.2. The van der Waals surface area contributed by atoms with Gasteiger partial charge in [0.25, 0.3) is 0 Å². The summed E-state index contributed by atoms with van der Waals surface area (Å²) in [4.78, 5) is 6.90. The van der Waals surface area contributed by atoms with E-state index < -0.39 is 0 Å². The first-order chi connectivity index (χ1) is 12.2. The first kappa shape index (κ1) is 16.1. The molecule has 0 saturated carbocycles. The Labute approximate surface area is 146 Å². The first-order valence-electron chi connectivity index (χ1n) is 8.76. The van der Waals surface area contributed by atoms with E-state index in [-0.39, 0.29) is 12.4 Å². The van der Waals surface area contributed by atoms with Crippen LogP contribution in [0.5, 0.6) is 5.88 Å². The first-order valence-corrected chi connectivity index (χ1v) is 8.76. The van der Waals surface area contributed by atoms with Crippen molar-refractivity contribution in [2.24, 2.45) is 11.8 Å². The molecule has 4 rings (SSSR count). The van der Waals surface area contributed by atoms with Crippen LogP contribution in [0.1, 0.15) is 12.8 Å². The van der Waals surface area contributed by atoms with Gasteiger partial charge in [-0.3, -0.25) is 0 Å². The van der Waals surface area contributed by atoms with E-state index in [0.29, 0.717) is 41.7 Å². The zero-order valence-corrected chi connectivity index (χ0v) is 14.0. The number of hydrogen-bond acceptors (Lipinski definition) is 5. The molecule has 0 bridgehead atoms. The molecule has 2 aliphatic heterocycles. The Hall–Kier alpha value is -2.39. The van der Waals surface area contributed by atoms with Crippen LogP contribution in [-0.2, 0) is 0 Å². The highest BCUT2D eigenvalue weighted by Gasteiger charge is 2.36. The molecule has 0 amide bonds. The molecular weight excluding hydrogens is 319 g/mol. The summed E-state index contributed by atoms with van der Waals surface area (Å²) in [5, 5.41) is 12.3. The number of nitriles is 1. The second kappa shape index (κ2) is 6.85. The minimum atomic E-state index is -0.348. The molecule has 1 aliphatic carbocycles. The van der Waals surface area contributed by atoms with Crippen LogP contribution < -0.4 is 15.0 Å². The van der Waals surface area contributed by atoms with Gasteiger partial charge < -0.3 is 15.0 Å². The van der Waals surface area contributed by atoms with Crippen molar-refractivity contribution in [2.45, 2.75) is 12.8 Å². The van der Waals surface area contributed by atoms with Crippen LogP contribution >= 0.6 is 0 Å². The molecule has 2 atom stereocenters. The van der Waals surface area contributed by atoms with Crippen LogP contribution in [-0.4, -0.2) is 37.8 Å². The lowest BCUT2D eigenvalue weighted by Gasteiger charge is -2.19. The Balaban J connectivity index is 1.41. The Morgan fingerprint density at radius 3 is 2.80 bits per heavy atom. The standard InChI is InChI=1S/C19H21FN4O/c20-17-6-13(7-21)4-5-14(17)12-25-19-3-1-2-18(23-19)24-10-15-8-22-9-16(15)11-24/h1-3,6,15-16,22H,4-5,8-12H2. The molecule has 0 aromatic carbocycles. The fourth-order valence-electron chi connectivity index (χ4n) is 3.83. The Bertz CT molecular complexity index is 755. The topological polar surface area (TPSA) is 61.2 Å². The number of fused-ring (bicyclic) bond motifs is 1. The van der Waals surface area contributed by atoms with Crippen LogP contribution in [0.25, 0.3) is 0 Å². The van der Waals surface area contributed by atoms with Crippen molar-refractivity contribution in [2.75, 3.05) is 37.7 Å². The van der Waals surface area contributed by atoms with Crippen LogP contribution in [0.15, 0.2) is 41.2 Å². The number of nitrogens with one attached hydrogen (secondary N) is 1. The molecule has 3 aliphatic rings. The van der Waals surface area contributed by atoms with E-state index in [4.69, 9.17) is 10.00 Å². The molecule has 130 valence electrons. The number of rotatable bonds is 4. The minimum absolute atomic E-state index is 0.173. The maximum Gasteiger partial charge on any atom is 0.215 e. The van der Waals surface area contributed by atoms with E-state index in [1.807, 2.05) is 18.2 Å². The monoisotopic (exact) mass is 340 g/mol. The quantitative estimate of drug-likeness (QED) is 0.913. The van der Waals surface area contributed by atoms with Gasteiger partial charge in [0.2, 0.25) is 5.88 Å². The smallest absolute Gasteiger partial charge is 0.215 e. The van der Waals surface area contributed by atoms with Gasteiger partial charge in [-0.05, 0) is 36.8 Å². The summed E-state index contributed by atoms with van der Waals surface area (Å²) in [6.07, 6.45) is 2.40. The zero-order valence-electron chi connectivity index (χ0n) is 14.0. The van der Waals surface area contributed by atoms with E-state index in [9.17, 15) is 4.39 Å². The molecular formula is C19H21FN4O. The van der Waals surface area contributed by atoms with Crippen molar-refractivity contribution in [3.05, 3.63) is 41.2 Å². The average molecular weight is 340 g/mol. The third kappa shape index (κ3) is 3.38. The highest BCUT2D eigenvalue weighted by Crippen LogP contribution is 2.30. The lowest BCUT2D eigenvalue weighted by molar-refractivity contribution is 0.329. The lowest BCUT2D eigenvalue weighted by Crippen LogP contribution is -2.26. The molecule has 2 unspecified atom stereocenters. The number of nitrogens with zero attached hydrogens (tertiary/aromatic N) is 3. The highest BCUT2D eigenvalue weighted by molar-refractivity contribution is 5.43.